The maximum atomic E-state index is 13.5. The average Bonchev–Trinajstić information content (AvgIpc) is 3.38. The lowest BCUT2D eigenvalue weighted by molar-refractivity contribution is -0.384. The number of ether oxygens (including phenoxy) is 2. The van der Waals surface area contributed by atoms with E-state index in [1.807, 2.05) is 0 Å². The van der Waals surface area contributed by atoms with Crippen molar-refractivity contribution in [3.05, 3.63) is 55.9 Å². The number of methoxy groups -OCH3 is 1. The van der Waals surface area contributed by atoms with Gasteiger partial charge >= 0.3 is 5.97 Å². The van der Waals surface area contributed by atoms with Crippen LogP contribution in [0, 0.1) is 24.0 Å². The van der Waals surface area contributed by atoms with Crippen LogP contribution in [0.4, 0.5) is 5.69 Å². The van der Waals surface area contributed by atoms with E-state index in [4.69, 9.17) is 21.1 Å². The quantitative estimate of drug-likeness (QED) is 0.210. The predicted octanol–water partition coefficient (Wildman–Crippen LogP) is 3.04. The molecule has 0 spiro atoms. The van der Waals surface area contributed by atoms with Crippen molar-refractivity contribution in [1.29, 1.82) is 0 Å². The van der Waals surface area contributed by atoms with Gasteiger partial charge in [-0.25, -0.2) is 13.2 Å². The predicted molar refractivity (Wildman–Crippen MR) is 126 cm³/mol. The van der Waals surface area contributed by atoms with E-state index >= 15 is 0 Å². The highest BCUT2D eigenvalue weighted by molar-refractivity contribution is 7.89. The van der Waals surface area contributed by atoms with Crippen LogP contribution in [0.5, 0.6) is 0 Å². The summed E-state index contributed by atoms with van der Waals surface area (Å²) in [6.07, 6.45) is 0.929. The number of hydrogen-bond donors (Lipinski definition) is 0. The Bertz CT molecular complexity index is 1280. The van der Waals surface area contributed by atoms with Crippen LogP contribution in [-0.2, 0) is 26.5 Å². The zero-order chi connectivity index (χ0) is 26.1. The molecule has 1 fully saturated rings. The number of Topliss-reactive ketones (excluding diaryl/α,β-unsaturated/α-hetero) is 1. The fraction of sp³-hybridized carbons (Fsp3) is 0.455. The molecule has 13 heteroatoms. The van der Waals surface area contributed by atoms with Crippen LogP contribution in [-0.4, -0.2) is 66.9 Å². The van der Waals surface area contributed by atoms with Crippen LogP contribution in [0.3, 0.4) is 0 Å². The zero-order valence-corrected chi connectivity index (χ0v) is 21.3. The number of nitro groups is 1. The number of nitrogens with zero attached hydrogens (tertiary/aromatic N) is 3. The molecule has 0 aliphatic carbocycles. The van der Waals surface area contributed by atoms with Gasteiger partial charge in [0.05, 0.1) is 29.6 Å². The lowest BCUT2D eigenvalue weighted by Crippen LogP contribution is -2.41. The van der Waals surface area contributed by atoms with Gasteiger partial charge in [-0.05, 0) is 44.4 Å². The fourth-order valence-electron chi connectivity index (χ4n) is 4.22. The molecule has 2 aromatic rings. The van der Waals surface area contributed by atoms with E-state index in [2.05, 4.69) is 0 Å². The van der Waals surface area contributed by atoms with Crippen LogP contribution >= 0.6 is 11.6 Å². The minimum atomic E-state index is -4.34. The second kappa shape index (κ2) is 10.4. The summed E-state index contributed by atoms with van der Waals surface area (Å²) in [5, 5.41) is 11.1. The van der Waals surface area contributed by atoms with E-state index < -0.39 is 45.0 Å². The third-order valence-corrected chi connectivity index (χ3v) is 8.22. The number of rotatable bonds is 9. The standard InChI is InChI=1S/C22H26ClN3O8S/c1-13-20(14(2)24(3)21(13)22(28)33-4)19(27)12-25(11-15-6-5-9-34-15)35(31,32)16-7-8-17(23)18(10-16)26(29)30/h7-8,10,15H,5-6,9,11-12H2,1-4H3. The van der Waals surface area contributed by atoms with Gasteiger partial charge in [0, 0.05) is 37.5 Å². The summed E-state index contributed by atoms with van der Waals surface area (Å²) in [5.41, 5.74) is 0.689. The number of aromatic nitrogens is 1. The molecule has 190 valence electrons. The van der Waals surface area contributed by atoms with Crippen LogP contribution in [0.25, 0.3) is 0 Å². The Balaban J connectivity index is 2.03. The molecule has 1 unspecified atom stereocenters. The molecule has 0 amide bonds. The number of sulfonamides is 1. The molecule has 1 atom stereocenters. The summed E-state index contributed by atoms with van der Waals surface area (Å²) in [5.74, 6) is -1.15. The summed E-state index contributed by atoms with van der Waals surface area (Å²) in [7, 11) is -1.50. The van der Waals surface area contributed by atoms with E-state index in [0.717, 1.165) is 28.9 Å². The molecule has 2 heterocycles. The fourth-order valence-corrected chi connectivity index (χ4v) is 5.85. The Labute approximate surface area is 207 Å². The largest absolute Gasteiger partial charge is 0.464 e. The summed E-state index contributed by atoms with van der Waals surface area (Å²) >= 11 is 5.85. The number of hydrogen-bond acceptors (Lipinski definition) is 8. The lowest BCUT2D eigenvalue weighted by atomic mass is 10.1. The zero-order valence-electron chi connectivity index (χ0n) is 19.7. The Morgan fingerprint density at radius 3 is 2.60 bits per heavy atom. The molecule has 11 nitrogen and oxygen atoms in total. The maximum Gasteiger partial charge on any atom is 0.354 e. The monoisotopic (exact) mass is 527 g/mol. The lowest BCUT2D eigenvalue weighted by Gasteiger charge is -2.24. The number of carbonyl (C=O) groups excluding carboxylic acids is 2. The molecular weight excluding hydrogens is 502 g/mol. The number of carbonyl (C=O) groups is 2. The van der Waals surface area contributed by atoms with Crippen LogP contribution < -0.4 is 0 Å². The van der Waals surface area contributed by atoms with Gasteiger partial charge in [-0.15, -0.1) is 0 Å². The molecule has 1 aliphatic rings. The highest BCUT2D eigenvalue weighted by atomic mass is 35.5. The first-order chi connectivity index (χ1) is 16.4. The van der Waals surface area contributed by atoms with Crippen molar-refractivity contribution in [1.82, 2.24) is 8.87 Å². The van der Waals surface area contributed by atoms with Crippen molar-refractivity contribution in [3.63, 3.8) is 0 Å². The van der Waals surface area contributed by atoms with Crippen molar-refractivity contribution in [3.8, 4) is 0 Å². The summed E-state index contributed by atoms with van der Waals surface area (Å²) in [4.78, 5) is 35.8. The van der Waals surface area contributed by atoms with Crippen molar-refractivity contribution in [2.24, 2.45) is 7.05 Å². The topological polar surface area (TPSA) is 138 Å². The first kappa shape index (κ1) is 26.8. The molecule has 1 saturated heterocycles. The maximum absolute atomic E-state index is 13.5. The second-order valence-corrected chi connectivity index (χ2v) is 10.6. The smallest absolute Gasteiger partial charge is 0.354 e. The molecule has 3 rings (SSSR count). The van der Waals surface area contributed by atoms with E-state index in [1.165, 1.54) is 11.7 Å². The molecule has 0 bridgehead atoms. The molecule has 0 N–H and O–H groups in total. The van der Waals surface area contributed by atoms with Gasteiger partial charge in [0.15, 0.2) is 5.78 Å². The van der Waals surface area contributed by atoms with E-state index in [-0.39, 0.29) is 27.7 Å². The molecule has 0 radical (unpaired) electrons. The molecular formula is C22H26ClN3O8S. The SMILES string of the molecule is COC(=O)c1c(C)c(C(=O)CN(CC2CCCO2)S(=O)(=O)c2ccc(Cl)c([N+](=O)[O-])c2)c(C)n1C. The average molecular weight is 528 g/mol. The van der Waals surface area contributed by atoms with Crippen molar-refractivity contribution < 1.29 is 32.4 Å². The normalized spacial score (nSPS) is 16.0. The number of esters is 1. The highest BCUT2D eigenvalue weighted by Crippen LogP contribution is 2.30. The third kappa shape index (κ3) is 5.25. The van der Waals surface area contributed by atoms with Gasteiger partial charge in [0.2, 0.25) is 10.0 Å². The van der Waals surface area contributed by atoms with Gasteiger partial charge < -0.3 is 14.0 Å². The minimum absolute atomic E-state index is 0.112. The Kier molecular flexibility index (Phi) is 8.00. The number of nitro benzene ring substituents is 1. The summed E-state index contributed by atoms with van der Waals surface area (Å²) < 4.78 is 40.0. The molecule has 1 aliphatic heterocycles. The number of halogens is 1. The van der Waals surface area contributed by atoms with Gasteiger partial charge in [0.1, 0.15) is 10.7 Å². The number of benzene rings is 1. The van der Waals surface area contributed by atoms with Crippen molar-refractivity contribution in [2.75, 3.05) is 26.8 Å². The summed E-state index contributed by atoms with van der Waals surface area (Å²) in [6.45, 7) is 3.05. The Morgan fingerprint density at radius 1 is 1.34 bits per heavy atom. The third-order valence-electron chi connectivity index (χ3n) is 6.09. The van der Waals surface area contributed by atoms with Gasteiger partial charge in [0.25, 0.3) is 5.69 Å². The first-order valence-corrected chi connectivity index (χ1v) is 12.5. The molecule has 35 heavy (non-hydrogen) atoms. The number of ketones is 1. The van der Waals surface area contributed by atoms with Crippen molar-refractivity contribution >= 4 is 39.1 Å². The van der Waals surface area contributed by atoms with Gasteiger partial charge in [-0.1, -0.05) is 11.6 Å². The van der Waals surface area contributed by atoms with Crippen molar-refractivity contribution in [2.45, 2.75) is 37.7 Å². The molecule has 0 saturated carbocycles. The molecule has 1 aromatic heterocycles. The van der Waals surface area contributed by atoms with Crippen LogP contribution in [0.1, 0.15) is 44.9 Å². The molecule has 1 aromatic carbocycles. The van der Waals surface area contributed by atoms with E-state index in [9.17, 15) is 28.1 Å². The Morgan fingerprint density at radius 2 is 2.03 bits per heavy atom. The van der Waals surface area contributed by atoms with E-state index in [1.54, 1.807) is 20.9 Å². The van der Waals surface area contributed by atoms with Gasteiger partial charge in [-0.2, -0.15) is 4.31 Å². The van der Waals surface area contributed by atoms with Gasteiger partial charge in [-0.3, -0.25) is 14.9 Å². The second-order valence-electron chi connectivity index (χ2n) is 8.21. The first-order valence-electron chi connectivity index (χ1n) is 10.7. The Hall–Kier alpha value is -2.80. The summed E-state index contributed by atoms with van der Waals surface area (Å²) in [6, 6.07) is 3.16. The minimum Gasteiger partial charge on any atom is -0.464 e. The van der Waals surface area contributed by atoms with E-state index in [0.29, 0.717) is 24.3 Å². The highest BCUT2D eigenvalue weighted by Gasteiger charge is 2.34. The van der Waals surface area contributed by atoms with Crippen LogP contribution in [0.2, 0.25) is 5.02 Å². The van der Waals surface area contributed by atoms with Crippen LogP contribution in [0.15, 0.2) is 23.1 Å².